The third kappa shape index (κ3) is 4.29. The van der Waals surface area contributed by atoms with E-state index in [0.717, 1.165) is 6.42 Å². The van der Waals surface area contributed by atoms with Gasteiger partial charge in [0, 0.05) is 24.8 Å². The summed E-state index contributed by atoms with van der Waals surface area (Å²) in [5.74, 6) is 1.50. The monoisotopic (exact) mass is 309 g/mol. The molecule has 0 aromatic carbocycles. The number of morpholine rings is 1. The smallest absolute Gasteiger partial charge is 0.226 e. The summed E-state index contributed by atoms with van der Waals surface area (Å²) in [6.45, 7) is 11.5. The van der Waals surface area contributed by atoms with Gasteiger partial charge in [0.05, 0.1) is 18.8 Å². The predicted octanol–water partition coefficient (Wildman–Crippen LogP) is 2.33. The summed E-state index contributed by atoms with van der Waals surface area (Å²) < 4.78 is 10.8. The van der Waals surface area contributed by atoms with E-state index in [2.05, 4.69) is 10.1 Å². The summed E-state index contributed by atoms with van der Waals surface area (Å²) in [6, 6.07) is 0.152. The first-order valence-corrected chi connectivity index (χ1v) is 8.01. The lowest BCUT2D eigenvalue weighted by molar-refractivity contribution is -0.143. The summed E-state index contributed by atoms with van der Waals surface area (Å²) in [6.07, 6.45) is 1.99. The van der Waals surface area contributed by atoms with Gasteiger partial charge in [-0.2, -0.15) is 4.98 Å². The van der Waals surface area contributed by atoms with Crippen molar-refractivity contribution in [2.45, 2.75) is 71.4 Å². The van der Waals surface area contributed by atoms with E-state index in [0.29, 0.717) is 37.7 Å². The van der Waals surface area contributed by atoms with Crippen LogP contribution in [0.2, 0.25) is 0 Å². The molecule has 1 aliphatic heterocycles. The first-order chi connectivity index (χ1) is 10.3. The molecular weight excluding hydrogens is 282 g/mol. The van der Waals surface area contributed by atoms with Gasteiger partial charge in [-0.25, -0.2) is 0 Å². The molecule has 1 aromatic heterocycles. The molecule has 0 spiro atoms. The first kappa shape index (κ1) is 16.9. The second kappa shape index (κ2) is 6.77. The van der Waals surface area contributed by atoms with Gasteiger partial charge in [-0.1, -0.05) is 25.9 Å². The highest BCUT2D eigenvalue weighted by Gasteiger charge is 2.27. The van der Waals surface area contributed by atoms with Crippen LogP contribution in [0.15, 0.2) is 4.52 Å². The number of ether oxygens (including phenoxy) is 1. The Bertz CT molecular complexity index is 507. The number of aryl methyl sites for hydroxylation is 1. The maximum absolute atomic E-state index is 12.3. The van der Waals surface area contributed by atoms with Gasteiger partial charge in [-0.3, -0.25) is 4.79 Å². The number of carbonyl (C=O) groups is 1. The molecule has 124 valence electrons. The molecule has 0 N–H and O–H groups in total. The highest BCUT2D eigenvalue weighted by molar-refractivity contribution is 5.76. The molecule has 1 aliphatic rings. The quantitative estimate of drug-likeness (QED) is 0.854. The number of hydrogen-bond acceptors (Lipinski definition) is 5. The molecule has 0 unspecified atom stereocenters. The summed E-state index contributed by atoms with van der Waals surface area (Å²) in [5.41, 5.74) is -0.114. The van der Waals surface area contributed by atoms with Crippen molar-refractivity contribution < 1.29 is 14.1 Å². The lowest BCUT2D eigenvalue weighted by Gasteiger charge is -2.36. The number of amides is 1. The van der Waals surface area contributed by atoms with E-state index in [1.165, 1.54) is 0 Å². The molecule has 1 fully saturated rings. The van der Waals surface area contributed by atoms with Crippen LogP contribution in [0, 0.1) is 0 Å². The van der Waals surface area contributed by atoms with Crippen LogP contribution < -0.4 is 0 Å². The van der Waals surface area contributed by atoms with Crippen LogP contribution in [0.1, 0.15) is 59.2 Å². The van der Waals surface area contributed by atoms with E-state index in [9.17, 15) is 4.79 Å². The number of carbonyl (C=O) groups excluding carboxylic acids is 1. The average molecular weight is 309 g/mol. The van der Waals surface area contributed by atoms with Gasteiger partial charge >= 0.3 is 0 Å². The summed E-state index contributed by atoms with van der Waals surface area (Å²) in [7, 11) is 0. The Morgan fingerprint density at radius 3 is 2.73 bits per heavy atom. The maximum atomic E-state index is 12.3. The second-order valence-electron chi connectivity index (χ2n) is 7.15. The van der Waals surface area contributed by atoms with Crippen molar-refractivity contribution in [3.8, 4) is 0 Å². The highest BCUT2D eigenvalue weighted by atomic mass is 16.5. The van der Waals surface area contributed by atoms with Crippen LogP contribution in [0.5, 0.6) is 0 Å². The van der Waals surface area contributed by atoms with Gasteiger partial charge in [0.1, 0.15) is 0 Å². The standard InChI is InChI=1S/C16H27N3O3/c1-11-10-21-12(2)9-19(11)14(20)8-6-7-13-17-15(18-22-13)16(3,4)5/h11-12H,6-10H2,1-5H3/t11-,12+/m1/s1. The van der Waals surface area contributed by atoms with E-state index in [1.807, 2.05) is 39.5 Å². The maximum Gasteiger partial charge on any atom is 0.226 e. The summed E-state index contributed by atoms with van der Waals surface area (Å²) in [4.78, 5) is 18.6. The predicted molar refractivity (Wildman–Crippen MR) is 82.5 cm³/mol. The van der Waals surface area contributed by atoms with E-state index in [-0.39, 0.29) is 23.5 Å². The third-order valence-corrected chi connectivity index (χ3v) is 3.85. The lowest BCUT2D eigenvalue weighted by Crippen LogP contribution is -2.50. The SMILES string of the molecule is C[C@@H]1CO[C@@H](C)CN1C(=O)CCCc1nc(C(C)(C)C)no1. The number of aromatic nitrogens is 2. The van der Waals surface area contributed by atoms with Gasteiger partial charge in [0.2, 0.25) is 11.8 Å². The van der Waals surface area contributed by atoms with Crippen molar-refractivity contribution in [2.75, 3.05) is 13.2 Å². The first-order valence-electron chi connectivity index (χ1n) is 8.01. The van der Waals surface area contributed by atoms with E-state index < -0.39 is 0 Å². The Balaban J connectivity index is 1.80. The van der Waals surface area contributed by atoms with Crippen molar-refractivity contribution in [2.24, 2.45) is 0 Å². The number of nitrogens with zero attached hydrogens (tertiary/aromatic N) is 3. The topological polar surface area (TPSA) is 68.5 Å². The normalized spacial score (nSPS) is 22.9. The van der Waals surface area contributed by atoms with Crippen LogP contribution in [-0.2, 0) is 21.4 Å². The molecule has 2 atom stereocenters. The van der Waals surface area contributed by atoms with Crippen LogP contribution >= 0.6 is 0 Å². The van der Waals surface area contributed by atoms with Crippen LogP contribution in [0.25, 0.3) is 0 Å². The Morgan fingerprint density at radius 1 is 1.36 bits per heavy atom. The zero-order valence-electron chi connectivity index (χ0n) is 14.3. The summed E-state index contributed by atoms with van der Waals surface area (Å²) in [5, 5.41) is 4.00. The van der Waals surface area contributed by atoms with Crippen LogP contribution in [0.3, 0.4) is 0 Å². The molecular formula is C16H27N3O3. The van der Waals surface area contributed by atoms with E-state index in [1.54, 1.807) is 0 Å². The summed E-state index contributed by atoms with van der Waals surface area (Å²) >= 11 is 0. The molecule has 0 saturated carbocycles. The highest BCUT2D eigenvalue weighted by Crippen LogP contribution is 2.19. The molecule has 2 heterocycles. The van der Waals surface area contributed by atoms with Crippen LogP contribution in [0.4, 0.5) is 0 Å². The largest absolute Gasteiger partial charge is 0.375 e. The van der Waals surface area contributed by atoms with Crippen molar-refractivity contribution in [3.05, 3.63) is 11.7 Å². The lowest BCUT2D eigenvalue weighted by atomic mass is 9.96. The van der Waals surface area contributed by atoms with E-state index in [4.69, 9.17) is 9.26 Å². The van der Waals surface area contributed by atoms with Gasteiger partial charge in [0.15, 0.2) is 5.82 Å². The molecule has 6 heteroatoms. The fourth-order valence-corrected chi connectivity index (χ4v) is 2.45. The van der Waals surface area contributed by atoms with Crippen molar-refractivity contribution in [3.63, 3.8) is 0 Å². The zero-order chi connectivity index (χ0) is 16.3. The molecule has 2 rings (SSSR count). The minimum atomic E-state index is -0.114. The molecule has 1 aromatic rings. The second-order valence-corrected chi connectivity index (χ2v) is 7.15. The Morgan fingerprint density at radius 2 is 2.09 bits per heavy atom. The van der Waals surface area contributed by atoms with E-state index >= 15 is 0 Å². The Hall–Kier alpha value is -1.43. The van der Waals surface area contributed by atoms with Crippen molar-refractivity contribution in [1.29, 1.82) is 0 Å². The fourth-order valence-electron chi connectivity index (χ4n) is 2.45. The zero-order valence-corrected chi connectivity index (χ0v) is 14.3. The molecule has 6 nitrogen and oxygen atoms in total. The molecule has 1 saturated heterocycles. The molecule has 1 amide bonds. The minimum Gasteiger partial charge on any atom is -0.375 e. The fraction of sp³-hybridized carbons (Fsp3) is 0.812. The Kier molecular flexibility index (Phi) is 5.21. The van der Waals surface area contributed by atoms with Crippen molar-refractivity contribution >= 4 is 5.91 Å². The van der Waals surface area contributed by atoms with Gasteiger partial charge in [-0.15, -0.1) is 0 Å². The van der Waals surface area contributed by atoms with Gasteiger partial charge in [-0.05, 0) is 20.3 Å². The average Bonchev–Trinajstić information content (AvgIpc) is 2.90. The third-order valence-electron chi connectivity index (χ3n) is 3.85. The number of hydrogen-bond donors (Lipinski definition) is 0. The van der Waals surface area contributed by atoms with Crippen molar-refractivity contribution in [1.82, 2.24) is 15.0 Å². The number of rotatable bonds is 4. The molecule has 0 aliphatic carbocycles. The van der Waals surface area contributed by atoms with Crippen LogP contribution in [-0.4, -0.2) is 46.2 Å². The molecule has 0 radical (unpaired) electrons. The Labute approximate surface area is 132 Å². The minimum absolute atomic E-state index is 0.114. The van der Waals surface area contributed by atoms with Gasteiger partial charge < -0.3 is 14.2 Å². The molecule has 0 bridgehead atoms. The molecule has 22 heavy (non-hydrogen) atoms. The van der Waals surface area contributed by atoms with Gasteiger partial charge in [0.25, 0.3) is 0 Å².